The molecule has 2 rings (SSSR count). The van der Waals surface area contributed by atoms with E-state index >= 15 is 0 Å². The molecule has 3 atom stereocenters. The number of carbonyl (C=O) groups excluding carboxylic acids is 1. The van der Waals surface area contributed by atoms with Gasteiger partial charge in [0.2, 0.25) is 0 Å². The van der Waals surface area contributed by atoms with Crippen molar-refractivity contribution < 1.29 is 9.53 Å². The van der Waals surface area contributed by atoms with Crippen molar-refractivity contribution >= 4 is 5.97 Å². The molecule has 0 aromatic rings. The zero-order valence-corrected chi connectivity index (χ0v) is 10.2. The quantitative estimate of drug-likeness (QED) is 0.711. The lowest BCUT2D eigenvalue weighted by Gasteiger charge is -2.24. The van der Waals surface area contributed by atoms with Crippen LogP contribution in [-0.2, 0) is 9.53 Å². The van der Waals surface area contributed by atoms with E-state index in [2.05, 4.69) is 10.2 Å². The van der Waals surface area contributed by atoms with Crippen LogP contribution < -0.4 is 5.32 Å². The number of esters is 1. The molecule has 0 saturated carbocycles. The molecule has 1 N–H and O–H groups in total. The minimum atomic E-state index is -0.0946. The first-order valence-corrected chi connectivity index (χ1v) is 6.24. The molecule has 0 spiro atoms. The molecule has 2 heterocycles. The van der Waals surface area contributed by atoms with Crippen LogP contribution in [-0.4, -0.2) is 50.2 Å². The minimum absolute atomic E-state index is 0.00912. The Bertz CT molecular complexity index is 243. The van der Waals surface area contributed by atoms with Gasteiger partial charge in [0.05, 0.1) is 13.0 Å². The fraction of sp³-hybridized carbons (Fsp3) is 0.917. The monoisotopic (exact) mass is 226 g/mol. The number of nitrogens with zero attached hydrogens (tertiary/aromatic N) is 1. The van der Waals surface area contributed by atoms with Gasteiger partial charge < -0.3 is 15.0 Å². The molecule has 0 aliphatic carbocycles. The third-order valence-corrected chi connectivity index (χ3v) is 3.81. The lowest BCUT2D eigenvalue weighted by Crippen LogP contribution is -2.41. The van der Waals surface area contributed by atoms with Crippen LogP contribution in [0.4, 0.5) is 0 Å². The zero-order valence-electron chi connectivity index (χ0n) is 10.2. The number of hydrogen-bond acceptors (Lipinski definition) is 4. The first kappa shape index (κ1) is 11.9. The summed E-state index contributed by atoms with van der Waals surface area (Å²) in [6.45, 7) is 6.16. The van der Waals surface area contributed by atoms with E-state index in [1.165, 1.54) is 20.0 Å². The molecule has 0 amide bonds. The lowest BCUT2D eigenvalue weighted by atomic mass is 9.94. The van der Waals surface area contributed by atoms with Gasteiger partial charge in [-0.1, -0.05) is 6.92 Å². The molecule has 0 aromatic heterocycles. The Balaban J connectivity index is 1.81. The summed E-state index contributed by atoms with van der Waals surface area (Å²) in [5.74, 6) is 0.687. The molecule has 2 saturated heterocycles. The van der Waals surface area contributed by atoms with Crippen molar-refractivity contribution in [2.45, 2.75) is 25.8 Å². The number of likely N-dealkylation sites (tertiary alicyclic amines) is 1. The van der Waals surface area contributed by atoms with Gasteiger partial charge in [-0.15, -0.1) is 0 Å². The number of carbonyl (C=O) groups is 1. The lowest BCUT2D eigenvalue weighted by molar-refractivity contribution is -0.145. The first-order chi connectivity index (χ1) is 7.70. The van der Waals surface area contributed by atoms with Gasteiger partial charge in [-0.2, -0.15) is 0 Å². The Hall–Kier alpha value is -0.610. The smallest absolute Gasteiger partial charge is 0.309 e. The van der Waals surface area contributed by atoms with Crippen molar-refractivity contribution in [1.82, 2.24) is 10.2 Å². The van der Waals surface area contributed by atoms with E-state index in [0.29, 0.717) is 6.04 Å². The Labute approximate surface area is 97.3 Å². The highest BCUT2D eigenvalue weighted by molar-refractivity contribution is 5.72. The van der Waals surface area contributed by atoms with E-state index in [1.807, 2.05) is 6.92 Å². The molecule has 0 radical (unpaired) electrons. The van der Waals surface area contributed by atoms with Gasteiger partial charge in [0.25, 0.3) is 0 Å². The molecule has 16 heavy (non-hydrogen) atoms. The molecule has 2 aliphatic heterocycles. The van der Waals surface area contributed by atoms with Crippen molar-refractivity contribution in [3.8, 4) is 0 Å². The summed E-state index contributed by atoms with van der Waals surface area (Å²) in [6, 6.07) is 0.651. The second kappa shape index (κ2) is 5.15. The first-order valence-electron chi connectivity index (χ1n) is 6.24. The van der Waals surface area contributed by atoms with Crippen molar-refractivity contribution in [2.24, 2.45) is 11.8 Å². The van der Waals surface area contributed by atoms with Gasteiger partial charge in [0, 0.05) is 25.7 Å². The summed E-state index contributed by atoms with van der Waals surface area (Å²) in [7, 11) is 1.46. The van der Waals surface area contributed by atoms with Crippen LogP contribution in [0, 0.1) is 11.8 Å². The minimum Gasteiger partial charge on any atom is -0.469 e. The number of rotatable bonds is 3. The molecule has 2 aliphatic rings. The Morgan fingerprint density at radius 3 is 3.06 bits per heavy atom. The average Bonchev–Trinajstić information content (AvgIpc) is 2.69. The summed E-state index contributed by atoms with van der Waals surface area (Å²) < 4.78 is 4.76. The third kappa shape index (κ3) is 2.55. The van der Waals surface area contributed by atoms with Gasteiger partial charge in [0.1, 0.15) is 0 Å². The van der Waals surface area contributed by atoms with Crippen LogP contribution in [0.5, 0.6) is 0 Å². The molecule has 92 valence electrons. The predicted octanol–water partition coefficient (Wildman–Crippen LogP) is 0.479. The second-order valence-corrected chi connectivity index (χ2v) is 5.11. The molecule has 4 heteroatoms. The number of nitrogens with one attached hydrogen (secondary N) is 1. The summed E-state index contributed by atoms with van der Waals surface area (Å²) in [5.41, 5.74) is 0. The number of piperidine rings is 1. The van der Waals surface area contributed by atoms with Crippen molar-refractivity contribution in [1.29, 1.82) is 0 Å². The fourth-order valence-corrected chi connectivity index (χ4v) is 2.95. The van der Waals surface area contributed by atoms with Gasteiger partial charge in [0.15, 0.2) is 0 Å². The summed E-state index contributed by atoms with van der Waals surface area (Å²) in [5, 5.41) is 3.57. The maximum absolute atomic E-state index is 11.3. The van der Waals surface area contributed by atoms with Crippen LogP contribution in [0.3, 0.4) is 0 Å². The maximum Gasteiger partial charge on any atom is 0.309 e. The number of methoxy groups -OCH3 is 1. The topological polar surface area (TPSA) is 41.6 Å². The normalized spacial score (nSPS) is 32.1. The average molecular weight is 226 g/mol. The van der Waals surface area contributed by atoms with Gasteiger partial charge in [-0.3, -0.25) is 4.79 Å². The molecule has 4 nitrogen and oxygen atoms in total. The van der Waals surface area contributed by atoms with Crippen molar-refractivity contribution in [3.63, 3.8) is 0 Å². The van der Waals surface area contributed by atoms with E-state index < -0.39 is 0 Å². The van der Waals surface area contributed by atoms with Crippen LogP contribution in [0.1, 0.15) is 19.8 Å². The van der Waals surface area contributed by atoms with Gasteiger partial charge in [-0.05, 0) is 25.3 Å². The van der Waals surface area contributed by atoms with Crippen LogP contribution in [0.25, 0.3) is 0 Å². The summed E-state index contributed by atoms with van der Waals surface area (Å²) >= 11 is 0. The maximum atomic E-state index is 11.3. The number of hydrogen-bond donors (Lipinski definition) is 1. The Kier molecular flexibility index (Phi) is 3.82. The second-order valence-electron chi connectivity index (χ2n) is 5.11. The molecule has 3 unspecified atom stereocenters. The standard InChI is InChI=1S/C12H22N2O2/c1-9(12(15)16-2)6-14-7-10-4-3-5-13-11(10)8-14/h9-11,13H,3-8H2,1-2H3. The number of fused-ring (bicyclic) bond motifs is 1. The molecule has 2 fully saturated rings. The highest BCUT2D eigenvalue weighted by atomic mass is 16.5. The van der Waals surface area contributed by atoms with Crippen molar-refractivity contribution in [3.05, 3.63) is 0 Å². The van der Waals surface area contributed by atoms with E-state index in [4.69, 9.17) is 4.74 Å². The van der Waals surface area contributed by atoms with E-state index in [9.17, 15) is 4.79 Å². The fourth-order valence-electron chi connectivity index (χ4n) is 2.95. The van der Waals surface area contributed by atoms with E-state index in [0.717, 1.165) is 32.1 Å². The molecule has 0 bridgehead atoms. The molecular weight excluding hydrogens is 204 g/mol. The van der Waals surface area contributed by atoms with Gasteiger partial charge in [-0.25, -0.2) is 0 Å². The highest BCUT2D eigenvalue weighted by Gasteiger charge is 2.35. The highest BCUT2D eigenvalue weighted by Crippen LogP contribution is 2.25. The molecule has 0 aromatic carbocycles. The summed E-state index contributed by atoms with van der Waals surface area (Å²) in [6.07, 6.45) is 2.63. The van der Waals surface area contributed by atoms with E-state index in [-0.39, 0.29) is 11.9 Å². The zero-order chi connectivity index (χ0) is 11.5. The Morgan fingerprint density at radius 2 is 2.38 bits per heavy atom. The van der Waals surface area contributed by atoms with Crippen LogP contribution >= 0.6 is 0 Å². The predicted molar refractivity (Wildman–Crippen MR) is 62.1 cm³/mol. The Morgan fingerprint density at radius 1 is 1.56 bits per heavy atom. The van der Waals surface area contributed by atoms with Crippen molar-refractivity contribution in [2.75, 3.05) is 33.3 Å². The summed E-state index contributed by atoms with van der Waals surface area (Å²) in [4.78, 5) is 13.7. The molecular formula is C12H22N2O2. The van der Waals surface area contributed by atoms with Crippen LogP contribution in [0.15, 0.2) is 0 Å². The SMILES string of the molecule is COC(=O)C(C)CN1CC2CCCNC2C1. The third-order valence-electron chi connectivity index (χ3n) is 3.81. The largest absolute Gasteiger partial charge is 0.469 e. The van der Waals surface area contributed by atoms with E-state index in [1.54, 1.807) is 0 Å². The van der Waals surface area contributed by atoms with Gasteiger partial charge >= 0.3 is 5.97 Å². The number of ether oxygens (including phenoxy) is 1. The van der Waals surface area contributed by atoms with Crippen LogP contribution in [0.2, 0.25) is 0 Å².